The van der Waals surface area contributed by atoms with E-state index >= 15 is 0 Å². The van der Waals surface area contributed by atoms with Crippen LogP contribution in [-0.4, -0.2) is 36.0 Å². The number of hydrogen-bond donors (Lipinski definition) is 1. The number of carbonyl (C=O) groups is 1. The van der Waals surface area contributed by atoms with Crippen LogP contribution in [0.15, 0.2) is 0 Å². The molecule has 1 aliphatic rings. The third-order valence-corrected chi connectivity index (χ3v) is 2.15. The van der Waals surface area contributed by atoms with Crippen LogP contribution in [0.1, 0.15) is 20.3 Å². The van der Waals surface area contributed by atoms with Crippen molar-refractivity contribution in [1.82, 2.24) is 10.2 Å². The van der Waals surface area contributed by atoms with E-state index < -0.39 is 0 Å². The van der Waals surface area contributed by atoms with Crippen molar-refractivity contribution in [2.45, 2.75) is 25.8 Å². The first-order valence-electron chi connectivity index (χ1n) is 4.45. The molecule has 0 saturated carbocycles. The minimum atomic E-state index is -0.0583. The Balaban J connectivity index is 2.53. The average Bonchev–Trinajstić information content (AvgIpc) is 2.03. The molecule has 72 valence electrons. The molecule has 13 heavy (non-hydrogen) atoms. The van der Waals surface area contributed by atoms with Gasteiger partial charge in [-0.1, -0.05) is 0 Å². The summed E-state index contributed by atoms with van der Waals surface area (Å²) in [5, 5.41) is 11.7. The molecule has 4 nitrogen and oxygen atoms in total. The zero-order valence-corrected chi connectivity index (χ0v) is 8.13. The van der Waals surface area contributed by atoms with Crippen LogP contribution in [0, 0.1) is 11.3 Å². The maximum atomic E-state index is 11.4. The highest BCUT2D eigenvalue weighted by Crippen LogP contribution is 2.10. The van der Waals surface area contributed by atoms with E-state index in [9.17, 15) is 4.79 Å². The molecule has 0 aromatic heterocycles. The van der Waals surface area contributed by atoms with Gasteiger partial charge in [0.2, 0.25) is 5.91 Å². The van der Waals surface area contributed by atoms with E-state index in [0.29, 0.717) is 13.1 Å². The van der Waals surface area contributed by atoms with E-state index in [1.807, 2.05) is 6.07 Å². The van der Waals surface area contributed by atoms with Crippen molar-refractivity contribution in [3.8, 4) is 6.07 Å². The summed E-state index contributed by atoms with van der Waals surface area (Å²) < 4.78 is 0. The lowest BCUT2D eigenvalue weighted by Crippen LogP contribution is -2.58. The number of piperazine rings is 1. The molecule has 0 aromatic carbocycles. The van der Waals surface area contributed by atoms with Crippen molar-refractivity contribution in [2.24, 2.45) is 0 Å². The lowest BCUT2D eigenvalue weighted by molar-refractivity contribution is -0.132. The van der Waals surface area contributed by atoms with Gasteiger partial charge in [0.15, 0.2) is 0 Å². The van der Waals surface area contributed by atoms with Crippen LogP contribution in [0.25, 0.3) is 0 Å². The van der Waals surface area contributed by atoms with Gasteiger partial charge >= 0.3 is 0 Å². The third-order valence-electron chi connectivity index (χ3n) is 2.15. The Labute approximate surface area is 78.5 Å². The Morgan fingerprint density at radius 1 is 1.69 bits per heavy atom. The van der Waals surface area contributed by atoms with Crippen LogP contribution in [0.5, 0.6) is 0 Å². The second kappa shape index (κ2) is 3.75. The number of nitrogens with zero attached hydrogens (tertiary/aromatic N) is 2. The van der Waals surface area contributed by atoms with Crippen molar-refractivity contribution in [3.05, 3.63) is 0 Å². The first-order valence-corrected chi connectivity index (χ1v) is 4.45. The van der Waals surface area contributed by atoms with Crippen LogP contribution in [0.3, 0.4) is 0 Å². The number of rotatable bonds is 1. The SMILES string of the molecule is CC1(C)CN(C(=O)CC#N)CCN1. The smallest absolute Gasteiger partial charge is 0.236 e. The van der Waals surface area contributed by atoms with Crippen LogP contribution in [0.2, 0.25) is 0 Å². The van der Waals surface area contributed by atoms with Gasteiger partial charge in [0.05, 0.1) is 6.07 Å². The molecule has 0 radical (unpaired) electrons. The standard InChI is InChI=1S/C9H15N3O/c1-9(2)7-12(6-5-11-9)8(13)3-4-10/h11H,3,5-7H2,1-2H3. The molecule has 1 amide bonds. The van der Waals surface area contributed by atoms with Crippen molar-refractivity contribution in [3.63, 3.8) is 0 Å². The van der Waals surface area contributed by atoms with E-state index in [1.165, 1.54) is 0 Å². The minimum absolute atomic E-state index is 0.00389. The summed E-state index contributed by atoms with van der Waals surface area (Å²) in [5.74, 6) is -0.0583. The Bertz CT molecular complexity index is 242. The number of nitriles is 1. The van der Waals surface area contributed by atoms with E-state index in [1.54, 1.807) is 4.90 Å². The van der Waals surface area contributed by atoms with Crippen molar-refractivity contribution < 1.29 is 4.79 Å². The molecule has 0 bridgehead atoms. The van der Waals surface area contributed by atoms with Crippen molar-refractivity contribution in [1.29, 1.82) is 5.26 Å². The van der Waals surface area contributed by atoms with Gasteiger partial charge in [0.1, 0.15) is 6.42 Å². The zero-order valence-electron chi connectivity index (χ0n) is 8.13. The molecule has 1 fully saturated rings. The molecule has 1 N–H and O–H groups in total. The molecule has 0 aromatic rings. The molecule has 0 atom stereocenters. The number of amides is 1. The van der Waals surface area contributed by atoms with Gasteiger partial charge in [-0.25, -0.2) is 0 Å². The summed E-state index contributed by atoms with van der Waals surface area (Å²) >= 11 is 0. The normalized spacial score (nSPS) is 20.8. The Kier molecular flexibility index (Phi) is 2.89. The molecule has 0 spiro atoms. The summed E-state index contributed by atoms with van der Waals surface area (Å²) in [6.45, 7) is 6.32. The quantitative estimate of drug-likeness (QED) is 0.624. The summed E-state index contributed by atoms with van der Waals surface area (Å²) in [7, 11) is 0. The summed E-state index contributed by atoms with van der Waals surface area (Å²) in [5.41, 5.74) is -0.0244. The van der Waals surface area contributed by atoms with Gasteiger partial charge in [0.25, 0.3) is 0 Å². The fourth-order valence-electron chi connectivity index (χ4n) is 1.53. The Morgan fingerprint density at radius 2 is 2.38 bits per heavy atom. The van der Waals surface area contributed by atoms with E-state index in [2.05, 4.69) is 19.2 Å². The maximum absolute atomic E-state index is 11.4. The largest absolute Gasteiger partial charge is 0.339 e. The monoisotopic (exact) mass is 181 g/mol. The average molecular weight is 181 g/mol. The van der Waals surface area contributed by atoms with Gasteiger partial charge in [0, 0.05) is 25.2 Å². The van der Waals surface area contributed by atoms with Gasteiger partial charge in [-0.05, 0) is 13.8 Å². The molecule has 0 aliphatic carbocycles. The first kappa shape index (κ1) is 10.0. The van der Waals surface area contributed by atoms with Crippen molar-refractivity contribution >= 4 is 5.91 Å². The fourth-order valence-corrected chi connectivity index (χ4v) is 1.53. The van der Waals surface area contributed by atoms with E-state index in [4.69, 9.17) is 5.26 Å². The van der Waals surface area contributed by atoms with E-state index in [-0.39, 0.29) is 17.9 Å². The highest BCUT2D eigenvalue weighted by atomic mass is 16.2. The van der Waals surface area contributed by atoms with Crippen LogP contribution >= 0.6 is 0 Å². The summed E-state index contributed by atoms with van der Waals surface area (Å²) in [6.07, 6.45) is -0.00389. The lowest BCUT2D eigenvalue weighted by atomic mass is 10.0. The first-order chi connectivity index (χ1) is 6.05. The van der Waals surface area contributed by atoms with Crippen molar-refractivity contribution in [2.75, 3.05) is 19.6 Å². The highest BCUT2D eigenvalue weighted by molar-refractivity contribution is 5.78. The molecule has 1 heterocycles. The number of carbonyl (C=O) groups excluding carboxylic acids is 1. The molecule has 1 rings (SSSR count). The van der Waals surface area contributed by atoms with Crippen LogP contribution in [-0.2, 0) is 4.79 Å². The Hall–Kier alpha value is -1.08. The summed E-state index contributed by atoms with van der Waals surface area (Å²) in [4.78, 5) is 13.1. The predicted molar refractivity (Wildman–Crippen MR) is 48.9 cm³/mol. The maximum Gasteiger partial charge on any atom is 0.236 e. The molecular formula is C9H15N3O. The number of hydrogen-bond acceptors (Lipinski definition) is 3. The van der Waals surface area contributed by atoms with Crippen LogP contribution in [0.4, 0.5) is 0 Å². The molecule has 0 unspecified atom stereocenters. The molecule has 1 saturated heterocycles. The molecular weight excluding hydrogens is 166 g/mol. The highest BCUT2D eigenvalue weighted by Gasteiger charge is 2.27. The topological polar surface area (TPSA) is 56.1 Å². The lowest BCUT2D eigenvalue weighted by Gasteiger charge is -2.38. The van der Waals surface area contributed by atoms with E-state index in [0.717, 1.165) is 6.54 Å². The molecule has 1 aliphatic heterocycles. The third kappa shape index (κ3) is 2.71. The Morgan fingerprint density at radius 3 is 2.92 bits per heavy atom. The van der Waals surface area contributed by atoms with Gasteiger partial charge in [-0.15, -0.1) is 0 Å². The number of nitrogens with one attached hydrogen (secondary N) is 1. The minimum Gasteiger partial charge on any atom is -0.339 e. The predicted octanol–water partition coefficient (Wildman–Crippen LogP) is 0.110. The summed E-state index contributed by atoms with van der Waals surface area (Å²) in [6, 6.07) is 1.88. The van der Waals surface area contributed by atoms with Gasteiger partial charge < -0.3 is 10.2 Å². The zero-order chi connectivity index (χ0) is 9.90. The van der Waals surface area contributed by atoms with Crippen LogP contribution < -0.4 is 5.32 Å². The second-order valence-electron chi connectivity index (χ2n) is 3.96. The van der Waals surface area contributed by atoms with Gasteiger partial charge in [-0.3, -0.25) is 4.79 Å². The fraction of sp³-hybridized carbons (Fsp3) is 0.778. The molecule has 4 heteroatoms. The second-order valence-corrected chi connectivity index (χ2v) is 3.96. The van der Waals surface area contributed by atoms with Gasteiger partial charge in [-0.2, -0.15) is 5.26 Å².